The van der Waals surface area contributed by atoms with Crippen molar-refractivity contribution in [3.63, 3.8) is 0 Å². The zero-order valence-electron chi connectivity index (χ0n) is 10.5. The molecule has 0 aromatic heterocycles. The van der Waals surface area contributed by atoms with Crippen molar-refractivity contribution < 1.29 is 14.6 Å². The monoisotopic (exact) mass is 250 g/mol. The molecule has 0 fully saturated rings. The Morgan fingerprint density at radius 3 is 3.11 bits per heavy atom. The van der Waals surface area contributed by atoms with Crippen LogP contribution < -0.4 is 15.0 Å². The topological polar surface area (TPSA) is 61.8 Å². The molecular formula is C13H18N2O3. The molecule has 1 aromatic rings. The molecule has 1 heterocycles. The molecule has 0 bridgehead atoms. The summed E-state index contributed by atoms with van der Waals surface area (Å²) in [5.41, 5.74) is 1.91. The molecule has 0 spiro atoms. The highest BCUT2D eigenvalue weighted by Crippen LogP contribution is 2.31. The van der Waals surface area contributed by atoms with Gasteiger partial charge in [0.1, 0.15) is 5.75 Å². The van der Waals surface area contributed by atoms with Gasteiger partial charge in [-0.2, -0.15) is 0 Å². The first kappa shape index (κ1) is 12.9. The van der Waals surface area contributed by atoms with E-state index < -0.39 is 0 Å². The Morgan fingerprint density at radius 2 is 2.33 bits per heavy atom. The highest BCUT2D eigenvalue weighted by Gasteiger charge is 2.21. The molecule has 0 radical (unpaired) electrons. The highest BCUT2D eigenvalue weighted by atomic mass is 16.5. The van der Waals surface area contributed by atoms with Crippen LogP contribution in [-0.4, -0.2) is 37.8 Å². The van der Waals surface area contributed by atoms with Crippen molar-refractivity contribution in [3.05, 3.63) is 23.8 Å². The minimum atomic E-state index is -0.0344. The van der Waals surface area contributed by atoms with Gasteiger partial charge >= 0.3 is 0 Å². The van der Waals surface area contributed by atoms with Gasteiger partial charge in [0.2, 0.25) is 0 Å². The Balaban J connectivity index is 2.04. The number of nitrogens with one attached hydrogen (secondary N) is 1. The molecule has 98 valence electrons. The van der Waals surface area contributed by atoms with Gasteiger partial charge in [0, 0.05) is 20.2 Å². The van der Waals surface area contributed by atoms with Crippen LogP contribution in [0.4, 0.5) is 5.69 Å². The third-order valence-corrected chi connectivity index (χ3v) is 2.95. The fourth-order valence-electron chi connectivity index (χ4n) is 1.86. The van der Waals surface area contributed by atoms with Crippen LogP contribution >= 0.6 is 0 Å². The summed E-state index contributed by atoms with van der Waals surface area (Å²) >= 11 is 0. The molecule has 0 saturated carbocycles. The Hall–Kier alpha value is -1.59. The number of aliphatic hydroxyl groups excluding tert-OH is 1. The van der Waals surface area contributed by atoms with Crippen molar-refractivity contribution in [1.29, 1.82) is 0 Å². The summed E-state index contributed by atoms with van der Waals surface area (Å²) in [5.74, 6) is 0.712. The molecule has 0 unspecified atom stereocenters. The summed E-state index contributed by atoms with van der Waals surface area (Å²) in [7, 11) is 1.76. The number of amides is 1. The molecular weight excluding hydrogens is 232 g/mol. The van der Waals surface area contributed by atoms with E-state index in [1.165, 1.54) is 0 Å². The van der Waals surface area contributed by atoms with Gasteiger partial charge in [-0.15, -0.1) is 0 Å². The molecule has 1 aliphatic heterocycles. The van der Waals surface area contributed by atoms with Crippen LogP contribution in [0.25, 0.3) is 0 Å². The Kier molecular flexibility index (Phi) is 4.17. The lowest BCUT2D eigenvalue weighted by Crippen LogP contribution is -2.35. The van der Waals surface area contributed by atoms with Crippen LogP contribution in [0, 0.1) is 0 Å². The van der Waals surface area contributed by atoms with E-state index in [1.807, 2.05) is 18.2 Å². The molecule has 5 nitrogen and oxygen atoms in total. The molecule has 1 amide bonds. The lowest BCUT2D eigenvalue weighted by atomic mass is 10.1. The number of hydrogen-bond donors (Lipinski definition) is 2. The number of ether oxygens (including phenoxy) is 1. The Labute approximate surface area is 106 Å². The highest BCUT2D eigenvalue weighted by molar-refractivity contribution is 5.97. The number of aliphatic hydroxyl groups is 1. The Bertz CT molecular complexity index is 434. The predicted molar refractivity (Wildman–Crippen MR) is 68.8 cm³/mol. The zero-order chi connectivity index (χ0) is 13.0. The van der Waals surface area contributed by atoms with Crippen molar-refractivity contribution in [2.45, 2.75) is 13.0 Å². The second kappa shape index (κ2) is 5.84. The lowest BCUT2D eigenvalue weighted by molar-refractivity contribution is -0.120. The molecule has 5 heteroatoms. The summed E-state index contributed by atoms with van der Waals surface area (Å²) in [4.78, 5) is 13.1. The van der Waals surface area contributed by atoms with Crippen molar-refractivity contribution in [2.75, 3.05) is 31.7 Å². The maximum absolute atomic E-state index is 11.5. The van der Waals surface area contributed by atoms with E-state index in [4.69, 9.17) is 9.84 Å². The first-order valence-corrected chi connectivity index (χ1v) is 6.06. The fraction of sp³-hybridized carbons (Fsp3) is 0.462. The molecule has 1 aromatic carbocycles. The number of fused-ring (bicyclic) bond motifs is 1. The number of likely N-dealkylation sites (N-methyl/N-ethyl adjacent to an activating group) is 1. The Morgan fingerprint density at radius 1 is 1.50 bits per heavy atom. The third-order valence-electron chi connectivity index (χ3n) is 2.95. The number of benzene rings is 1. The number of carbonyl (C=O) groups is 1. The van der Waals surface area contributed by atoms with Gasteiger partial charge in [-0.3, -0.25) is 4.79 Å². The first-order valence-electron chi connectivity index (χ1n) is 6.06. The standard InChI is InChI=1S/C13H18N2O3/c1-15-11-7-10(8-14-5-2-6-16)3-4-12(11)18-9-13(15)17/h3-4,7,14,16H,2,5-6,8-9H2,1H3. The van der Waals surface area contributed by atoms with E-state index in [0.717, 1.165) is 36.5 Å². The molecule has 0 aliphatic carbocycles. The second-order valence-electron chi connectivity index (χ2n) is 4.30. The van der Waals surface area contributed by atoms with E-state index in [-0.39, 0.29) is 19.1 Å². The van der Waals surface area contributed by atoms with E-state index in [0.29, 0.717) is 0 Å². The number of anilines is 1. The summed E-state index contributed by atoms with van der Waals surface area (Å²) in [6.45, 7) is 1.80. The number of rotatable bonds is 5. The van der Waals surface area contributed by atoms with Crippen molar-refractivity contribution in [2.24, 2.45) is 0 Å². The van der Waals surface area contributed by atoms with Gasteiger partial charge in [-0.05, 0) is 30.7 Å². The summed E-state index contributed by atoms with van der Waals surface area (Å²) < 4.78 is 5.36. The largest absolute Gasteiger partial charge is 0.482 e. The van der Waals surface area contributed by atoms with Gasteiger partial charge < -0.3 is 20.1 Å². The fourth-order valence-corrected chi connectivity index (χ4v) is 1.86. The van der Waals surface area contributed by atoms with Crippen LogP contribution in [0.15, 0.2) is 18.2 Å². The van der Waals surface area contributed by atoms with Crippen LogP contribution in [0.1, 0.15) is 12.0 Å². The normalized spacial score (nSPS) is 14.3. The molecule has 1 aliphatic rings. The molecule has 0 saturated heterocycles. The van der Waals surface area contributed by atoms with Crippen molar-refractivity contribution in [3.8, 4) is 5.75 Å². The average molecular weight is 250 g/mol. The number of nitrogens with zero attached hydrogens (tertiary/aromatic N) is 1. The molecule has 18 heavy (non-hydrogen) atoms. The van der Waals surface area contributed by atoms with Gasteiger partial charge in [0.05, 0.1) is 5.69 Å². The van der Waals surface area contributed by atoms with Crippen molar-refractivity contribution >= 4 is 11.6 Å². The van der Waals surface area contributed by atoms with Crippen molar-refractivity contribution in [1.82, 2.24) is 5.32 Å². The minimum Gasteiger partial charge on any atom is -0.482 e. The predicted octanol–water partition coefficient (Wildman–Crippen LogP) is 0.514. The second-order valence-corrected chi connectivity index (χ2v) is 4.30. The third kappa shape index (κ3) is 2.80. The average Bonchev–Trinajstić information content (AvgIpc) is 2.39. The quantitative estimate of drug-likeness (QED) is 0.748. The summed E-state index contributed by atoms with van der Waals surface area (Å²) in [5, 5.41) is 11.9. The lowest BCUT2D eigenvalue weighted by Gasteiger charge is -2.26. The summed E-state index contributed by atoms with van der Waals surface area (Å²) in [6.07, 6.45) is 0.743. The smallest absolute Gasteiger partial charge is 0.264 e. The maximum atomic E-state index is 11.5. The zero-order valence-corrected chi connectivity index (χ0v) is 10.5. The van der Waals surface area contributed by atoms with Gasteiger partial charge in [0.25, 0.3) is 5.91 Å². The SMILES string of the molecule is CN1C(=O)COc2ccc(CNCCCO)cc21. The molecule has 0 atom stereocenters. The van der Waals surface area contributed by atoms with E-state index in [1.54, 1.807) is 11.9 Å². The van der Waals surface area contributed by atoms with Gasteiger partial charge in [0.15, 0.2) is 6.61 Å². The number of hydrogen-bond acceptors (Lipinski definition) is 4. The molecule has 2 N–H and O–H groups in total. The van der Waals surface area contributed by atoms with Gasteiger partial charge in [-0.25, -0.2) is 0 Å². The van der Waals surface area contributed by atoms with E-state index in [2.05, 4.69) is 5.32 Å². The molecule has 2 rings (SSSR count). The van der Waals surface area contributed by atoms with Crippen LogP contribution in [0.2, 0.25) is 0 Å². The minimum absolute atomic E-state index is 0.0344. The van der Waals surface area contributed by atoms with Crippen LogP contribution in [0.5, 0.6) is 5.75 Å². The first-order chi connectivity index (χ1) is 8.72. The summed E-state index contributed by atoms with van der Waals surface area (Å²) in [6, 6.07) is 5.83. The van der Waals surface area contributed by atoms with E-state index >= 15 is 0 Å². The maximum Gasteiger partial charge on any atom is 0.264 e. The van der Waals surface area contributed by atoms with Crippen LogP contribution in [0.3, 0.4) is 0 Å². The number of carbonyl (C=O) groups excluding carboxylic acids is 1. The van der Waals surface area contributed by atoms with E-state index in [9.17, 15) is 4.79 Å². The van der Waals surface area contributed by atoms with Gasteiger partial charge in [-0.1, -0.05) is 6.07 Å². The van der Waals surface area contributed by atoms with Crippen LogP contribution in [-0.2, 0) is 11.3 Å².